The van der Waals surface area contributed by atoms with Crippen LogP contribution in [0, 0.1) is 11.8 Å². The summed E-state index contributed by atoms with van der Waals surface area (Å²) in [6.45, 7) is 9.68. The van der Waals surface area contributed by atoms with Crippen molar-refractivity contribution in [3.8, 4) is 0 Å². The number of ether oxygens (including phenoxy) is 3. The lowest BCUT2D eigenvalue weighted by atomic mass is 9.76. The molecule has 0 bridgehead atoms. The Balaban J connectivity index is 1.35. The van der Waals surface area contributed by atoms with Gasteiger partial charge in [-0.3, -0.25) is 9.69 Å². The molecular formula is C34H45N3O6. The van der Waals surface area contributed by atoms with Gasteiger partial charge in [0, 0.05) is 30.9 Å². The van der Waals surface area contributed by atoms with Gasteiger partial charge in [-0.2, -0.15) is 0 Å². The number of alkyl carbamates (subject to hydrolysis) is 1. The quantitative estimate of drug-likeness (QED) is 0.395. The first-order valence-corrected chi connectivity index (χ1v) is 15.5. The molecule has 0 unspecified atom stereocenters. The number of anilines is 2. The van der Waals surface area contributed by atoms with Crippen LogP contribution in [0.1, 0.15) is 77.3 Å². The fourth-order valence-corrected chi connectivity index (χ4v) is 6.55. The molecule has 1 spiro atoms. The molecule has 2 aliphatic heterocycles. The summed E-state index contributed by atoms with van der Waals surface area (Å²) in [6.07, 6.45) is 4.30. The Labute approximate surface area is 254 Å². The normalized spacial score (nSPS) is 21.9. The van der Waals surface area contributed by atoms with Gasteiger partial charge in [-0.15, -0.1) is 0 Å². The van der Waals surface area contributed by atoms with Crippen LogP contribution in [0.3, 0.4) is 0 Å². The molecule has 2 heterocycles. The summed E-state index contributed by atoms with van der Waals surface area (Å²) in [5, 5.41) is 5.92. The molecule has 1 saturated carbocycles. The van der Waals surface area contributed by atoms with Crippen molar-refractivity contribution < 1.29 is 28.6 Å². The largest absolute Gasteiger partial charge is 0.445 e. The van der Waals surface area contributed by atoms with Crippen molar-refractivity contribution in [2.75, 3.05) is 30.0 Å². The molecular weight excluding hydrogens is 546 g/mol. The molecule has 2 fully saturated rings. The third-order valence-electron chi connectivity index (χ3n) is 8.95. The second kappa shape index (κ2) is 13.0. The van der Waals surface area contributed by atoms with E-state index in [1.54, 1.807) is 4.90 Å². The molecule has 9 nitrogen and oxygen atoms in total. The van der Waals surface area contributed by atoms with Crippen LogP contribution in [0.5, 0.6) is 0 Å². The van der Waals surface area contributed by atoms with Crippen LogP contribution >= 0.6 is 0 Å². The first kappa shape index (κ1) is 30.9. The van der Waals surface area contributed by atoms with Crippen LogP contribution in [0.4, 0.5) is 21.0 Å². The van der Waals surface area contributed by atoms with E-state index in [1.807, 2.05) is 69.3 Å². The van der Waals surface area contributed by atoms with Gasteiger partial charge in [0.1, 0.15) is 18.2 Å². The molecule has 2 aromatic carbocycles. The molecule has 1 atom stereocenters. The SMILES string of the molecule is CC(C)(C)OC(=O)N1CC2(CCOCC2)c2ccc(NC(=O)[C@@H](NC(=O)OCc3ccccc3)[C@H]3CC[C@H](C)CC3)cc21. The summed E-state index contributed by atoms with van der Waals surface area (Å²) in [6, 6.07) is 14.5. The lowest BCUT2D eigenvalue weighted by molar-refractivity contribution is -0.119. The lowest BCUT2D eigenvalue weighted by Gasteiger charge is -2.34. The molecule has 1 saturated heterocycles. The Hall–Kier alpha value is -3.59. The molecule has 232 valence electrons. The standard InChI is InChI=1S/C34H45N3O6/c1-23-10-12-25(13-11-23)29(36-31(39)42-21-24-8-6-5-7-9-24)30(38)35-26-14-15-27-28(20-26)37(32(40)43-33(2,3)4)22-34(27)16-18-41-19-17-34/h5-9,14-15,20,23,25,29H,10-13,16-19,21-22H2,1-4H3,(H,35,38)(H,36,39)/t23-,25-,29-/m0/s1. The van der Waals surface area contributed by atoms with E-state index in [1.165, 1.54) is 0 Å². The Bertz CT molecular complexity index is 1290. The second-order valence-electron chi connectivity index (χ2n) is 13.4. The predicted molar refractivity (Wildman–Crippen MR) is 165 cm³/mol. The van der Waals surface area contributed by atoms with Crippen LogP contribution < -0.4 is 15.5 Å². The molecule has 9 heteroatoms. The first-order chi connectivity index (χ1) is 20.5. The van der Waals surface area contributed by atoms with E-state index < -0.39 is 23.8 Å². The molecule has 3 aliphatic rings. The summed E-state index contributed by atoms with van der Waals surface area (Å²) in [5.41, 5.74) is 2.40. The number of nitrogens with one attached hydrogen (secondary N) is 2. The Morgan fingerprint density at radius 2 is 1.72 bits per heavy atom. The van der Waals surface area contributed by atoms with Gasteiger partial charge in [-0.1, -0.05) is 56.2 Å². The average molecular weight is 592 g/mol. The van der Waals surface area contributed by atoms with Crippen molar-refractivity contribution in [3.63, 3.8) is 0 Å². The number of carbonyl (C=O) groups is 3. The van der Waals surface area contributed by atoms with Crippen LogP contribution in [0.2, 0.25) is 0 Å². The molecule has 43 heavy (non-hydrogen) atoms. The maximum atomic E-state index is 13.8. The van der Waals surface area contributed by atoms with Gasteiger partial charge in [-0.05, 0) is 81.5 Å². The topological polar surface area (TPSA) is 106 Å². The Morgan fingerprint density at radius 3 is 2.40 bits per heavy atom. The zero-order valence-corrected chi connectivity index (χ0v) is 25.8. The Kier molecular flexibility index (Phi) is 9.30. The van der Waals surface area contributed by atoms with Gasteiger partial charge in [0.05, 0.1) is 5.69 Å². The van der Waals surface area contributed by atoms with Gasteiger partial charge < -0.3 is 24.8 Å². The van der Waals surface area contributed by atoms with E-state index in [4.69, 9.17) is 14.2 Å². The molecule has 2 N–H and O–H groups in total. The zero-order valence-electron chi connectivity index (χ0n) is 25.8. The highest BCUT2D eigenvalue weighted by Gasteiger charge is 2.47. The molecule has 0 radical (unpaired) electrons. The number of nitrogens with zero attached hydrogens (tertiary/aromatic N) is 1. The summed E-state index contributed by atoms with van der Waals surface area (Å²) in [7, 11) is 0. The number of rotatable bonds is 6. The van der Waals surface area contributed by atoms with Gasteiger partial charge >= 0.3 is 12.2 Å². The number of hydrogen-bond acceptors (Lipinski definition) is 6. The molecule has 3 amide bonds. The van der Waals surface area contributed by atoms with Crippen molar-refractivity contribution in [2.45, 2.75) is 89.9 Å². The minimum absolute atomic E-state index is 0.00123. The number of hydrogen-bond donors (Lipinski definition) is 2. The highest BCUT2D eigenvalue weighted by Crippen LogP contribution is 2.48. The molecule has 0 aromatic heterocycles. The van der Waals surface area contributed by atoms with Crippen LogP contribution in [0.25, 0.3) is 0 Å². The monoisotopic (exact) mass is 591 g/mol. The maximum Gasteiger partial charge on any atom is 0.414 e. The minimum atomic E-state index is -0.743. The summed E-state index contributed by atoms with van der Waals surface area (Å²) in [5.74, 6) is 0.301. The average Bonchev–Trinajstić information content (AvgIpc) is 3.28. The number of benzene rings is 2. The number of fused-ring (bicyclic) bond motifs is 2. The highest BCUT2D eigenvalue weighted by atomic mass is 16.6. The minimum Gasteiger partial charge on any atom is -0.445 e. The second-order valence-corrected chi connectivity index (χ2v) is 13.4. The lowest BCUT2D eigenvalue weighted by Crippen LogP contribution is -2.49. The smallest absolute Gasteiger partial charge is 0.414 e. The van der Waals surface area contributed by atoms with Crippen molar-refractivity contribution in [1.29, 1.82) is 0 Å². The maximum absolute atomic E-state index is 13.8. The fraction of sp³-hybridized carbons (Fsp3) is 0.559. The van der Waals surface area contributed by atoms with Gasteiger partial charge in [0.15, 0.2) is 0 Å². The van der Waals surface area contributed by atoms with Crippen LogP contribution in [-0.4, -0.2) is 49.5 Å². The number of amides is 3. The van der Waals surface area contributed by atoms with E-state index in [-0.39, 0.29) is 23.8 Å². The predicted octanol–water partition coefficient (Wildman–Crippen LogP) is 6.55. The van der Waals surface area contributed by atoms with E-state index in [2.05, 4.69) is 17.6 Å². The third kappa shape index (κ3) is 7.50. The highest BCUT2D eigenvalue weighted by molar-refractivity contribution is 5.99. The van der Waals surface area contributed by atoms with Gasteiger partial charge in [0.2, 0.25) is 5.91 Å². The summed E-state index contributed by atoms with van der Waals surface area (Å²) < 4.78 is 16.9. The van der Waals surface area contributed by atoms with E-state index in [0.717, 1.165) is 55.3 Å². The number of carbonyl (C=O) groups excluding carboxylic acids is 3. The van der Waals surface area contributed by atoms with Gasteiger partial charge in [0.25, 0.3) is 0 Å². The zero-order chi connectivity index (χ0) is 30.6. The molecule has 1 aliphatic carbocycles. The van der Waals surface area contributed by atoms with Gasteiger partial charge in [-0.25, -0.2) is 9.59 Å². The van der Waals surface area contributed by atoms with Crippen molar-refractivity contribution in [3.05, 3.63) is 59.7 Å². The van der Waals surface area contributed by atoms with E-state index >= 15 is 0 Å². The molecule has 2 aromatic rings. The summed E-state index contributed by atoms with van der Waals surface area (Å²) in [4.78, 5) is 41.7. The van der Waals surface area contributed by atoms with E-state index in [9.17, 15) is 14.4 Å². The van der Waals surface area contributed by atoms with Crippen LogP contribution in [-0.2, 0) is 31.0 Å². The van der Waals surface area contributed by atoms with Crippen molar-refractivity contribution in [2.24, 2.45) is 11.8 Å². The molecule has 5 rings (SSSR count). The summed E-state index contributed by atoms with van der Waals surface area (Å²) >= 11 is 0. The third-order valence-corrected chi connectivity index (χ3v) is 8.95. The fourth-order valence-electron chi connectivity index (χ4n) is 6.55. The van der Waals surface area contributed by atoms with E-state index in [0.29, 0.717) is 31.4 Å². The van der Waals surface area contributed by atoms with Crippen molar-refractivity contribution >= 4 is 29.5 Å². The first-order valence-electron chi connectivity index (χ1n) is 15.5. The van der Waals surface area contributed by atoms with Crippen molar-refractivity contribution in [1.82, 2.24) is 5.32 Å². The van der Waals surface area contributed by atoms with Crippen LogP contribution in [0.15, 0.2) is 48.5 Å². The Morgan fingerprint density at radius 1 is 1.02 bits per heavy atom.